The lowest BCUT2D eigenvalue weighted by Gasteiger charge is -2.28. The summed E-state index contributed by atoms with van der Waals surface area (Å²) in [5, 5.41) is 0. The quantitative estimate of drug-likeness (QED) is 0.682. The summed E-state index contributed by atoms with van der Waals surface area (Å²) in [5.41, 5.74) is 6.96. The average molecular weight is 183 g/mol. The summed E-state index contributed by atoms with van der Waals surface area (Å²) in [7, 11) is 0. The van der Waals surface area contributed by atoms with Crippen LogP contribution >= 0.6 is 0 Å². The molecular formula is C11H21NO. The number of allylic oxidation sites excluding steroid dienone is 1. The minimum absolute atomic E-state index is 0.0763. The van der Waals surface area contributed by atoms with Crippen molar-refractivity contribution in [1.82, 2.24) is 0 Å². The first-order chi connectivity index (χ1) is 6.03. The third-order valence-corrected chi connectivity index (χ3v) is 2.15. The van der Waals surface area contributed by atoms with Gasteiger partial charge in [0.1, 0.15) is 5.60 Å². The molecule has 1 aliphatic rings. The lowest BCUT2D eigenvalue weighted by atomic mass is 9.90. The monoisotopic (exact) mass is 183 g/mol. The topological polar surface area (TPSA) is 35.2 Å². The van der Waals surface area contributed by atoms with E-state index in [1.165, 1.54) is 24.8 Å². The predicted molar refractivity (Wildman–Crippen MR) is 55.4 cm³/mol. The first-order valence-corrected chi connectivity index (χ1v) is 5.13. The second kappa shape index (κ2) is 4.14. The summed E-state index contributed by atoms with van der Waals surface area (Å²) < 4.78 is 5.88. The number of hydrogen-bond acceptors (Lipinski definition) is 2. The molecule has 0 spiro atoms. The lowest BCUT2D eigenvalue weighted by Crippen LogP contribution is -2.22. The Morgan fingerprint density at radius 2 is 2.00 bits per heavy atom. The molecule has 1 fully saturated rings. The zero-order valence-corrected chi connectivity index (χ0v) is 9.02. The molecule has 0 aromatic heterocycles. The fourth-order valence-electron chi connectivity index (χ4n) is 1.43. The number of ether oxygens (including phenoxy) is 1. The molecule has 0 aromatic carbocycles. The first-order valence-electron chi connectivity index (χ1n) is 5.13. The van der Waals surface area contributed by atoms with Crippen molar-refractivity contribution in [3.63, 3.8) is 0 Å². The van der Waals surface area contributed by atoms with E-state index in [1.54, 1.807) is 0 Å². The van der Waals surface area contributed by atoms with E-state index >= 15 is 0 Å². The summed E-state index contributed by atoms with van der Waals surface area (Å²) >= 11 is 0. The van der Waals surface area contributed by atoms with Crippen LogP contribution < -0.4 is 5.73 Å². The Morgan fingerprint density at radius 1 is 1.38 bits per heavy atom. The van der Waals surface area contributed by atoms with E-state index < -0.39 is 0 Å². The molecule has 0 aromatic rings. The summed E-state index contributed by atoms with van der Waals surface area (Å²) in [5.74, 6) is 1.15. The molecule has 1 aliphatic carbocycles. The van der Waals surface area contributed by atoms with Gasteiger partial charge in [0, 0.05) is 6.42 Å². The van der Waals surface area contributed by atoms with Crippen LogP contribution in [0.3, 0.4) is 0 Å². The highest BCUT2D eigenvalue weighted by molar-refractivity contribution is 5.15. The zero-order valence-electron chi connectivity index (χ0n) is 9.02. The normalized spacial score (nSPS) is 16.8. The molecule has 2 N–H and O–H groups in total. The van der Waals surface area contributed by atoms with Crippen molar-refractivity contribution in [2.75, 3.05) is 6.54 Å². The van der Waals surface area contributed by atoms with E-state index in [9.17, 15) is 0 Å². The minimum atomic E-state index is -0.0763. The Labute approximate surface area is 81.1 Å². The maximum Gasteiger partial charge on any atom is 0.100 e. The highest BCUT2D eigenvalue weighted by atomic mass is 16.5. The molecule has 1 rings (SSSR count). The summed E-state index contributed by atoms with van der Waals surface area (Å²) in [6, 6.07) is 0. The van der Waals surface area contributed by atoms with Crippen molar-refractivity contribution < 1.29 is 4.74 Å². The molecule has 0 unspecified atom stereocenters. The zero-order chi connectivity index (χ0) is 9.90. The van der Waals surface area contributed by atoms with E-state index in [0.29, 0.717) is 6.54 Å². The van der Waals surface area contributed by atoms with Gasteiger partial charge in [0.05, 0.1) is 5.76 Å². The van der Waals surface area contributed by atoms with E-state index in [2.05, 4.69) is 20.8 Å². The number of rotatable bonds is 3. The van der Waals surface area contributed by atoms with E-state index in [0.717, 1.165) is 12.2 Å². The molecule has 0 aliphatic heterocycles. The fraction of sp³-hybridized carbons (Fsp3) is 0.818. The van der Waals surface area contributed by atoms with Gasteiger partial charge in [0.15, 0.2) is 0 Å². The largest absolute Gasteiger partial charge is 0.493 e. The second-order valence-electron chi connectivity index (χ2n) is 4.63. The van der Waals surface area contributed by atoms with Crippen molar-refractivity contribution in [2.24, 2.45) is 5.73 Å². The lowest BCUT2D eigenvalue weighted by molar-refractivity contribution is 0.0431. The van der Waals surface area contributed by atoms with Crippen LogP contribution in [0.25, 0.3) is 0 Å². The standard InChI is InChI=1S/C11H21NO/c1-11(2,3)13-10(7-8-12)9-5-4-6-9/h4-8,12H2,1-3H3. The first kappa shape index (κ1) is 10.6. The van der Waals surface area contributed by atoms with E-state index in [1.807, 2.05) is 0 Å². The minimum Gasteiger partial charge on any atom is -0.493 e. The van der Waals surface area contributed by atoms with Gasteiger partial charge in [0.2, 0.25) is 0 Å². The molecule has 0 bridgehead atoms. The highest BCUT2D eigenvalue weighted by Crippen LogP contribution is 2.32. The fourth-order valence-corrected chi connectivity index (χ4v) is 1.43. The third kappa shape index (κ3) is 3.39. The molecular weight excluding hydrogens is 162 g/mol. The van der Waals surface area contributed by atoms with Crippen molar-refractivity contribution in [2.45, 2.75) is 52.1 Å². The Kier molecular flexibility index (Phi) is 3.37. The second-order valence-corrected chi connectivity index (χ2v) is 4.63. The van der Waals surface area contributed by atoms with Gasteiger partial charge in [-0.05, 0) is 52.2 Å². The van der Waals surface area contributed by atoms with Crippen LogP contribution in [0.4, 0.5) is 0 Å². The molecule has 0 atom stereocenters. The van der Waals surface area contributed by atoms with Gasteiger partial charge >= 0.3 is 0 Å². The third-order valence-electron chi connectivity index (χ3n) is 2.15. The molecule has 76 valence electrons. The average Bonchev–Trinajstić information content (AvgIpc) is 1.79. The van der Waals surface area contributed by atoms with Gasteiger partial charge in [-0.1, -0.05) is 0 Å². The maximum absolute atomic E-state index is 5.88. The van der Waals surface area contributed by atoms with Crippen LogP contribution in [0.2, 0.25) is 0 Å². The molecule has 0 amide bonds. The summed E-state index contributed by atoms with van der Waals surface area (Å²) in [6.45, 7) is 6.95. The Morgan fingerprint density at radius 3 is 2.31 bits per heavy atom. The van der Waals surface area contributed by atoms with Gasteiger partial charge in [0.25, 0.3) is 0 Å². The van der Waals surface area contributed by atoms with Gasteiger partial charge in [-0.2, -0.15) is 0 Å². The predicted octanol–water partition coefficient (Wildman–Crippen LogP) is 2.59. The maximum atomic E-state index is 5.88. The van der Waals surface area contributed by atoms with Crippen molar-refractivity contribution in [1.29, 1.82) is 0 Å². The van der Waals surface area contributed by atoms with E-state index in [-0.39, 0.29) is 5.60 Å². The number of hydrogen-bond donors (Lipinski definition) is 1. The Bertz CT molecular complexity index is 195. The summed E-state index contributed by atoms with van der Waals surface area (Å²) in [6.07, 6.45) is 4.64. The highest BCUT2D eigenvalue weighted by Gasteiger charge is 2.20. The van der Waals surface area contributed by atoms with Crippen molar-refractivity contribution in [3.05, 3.63) is 11.3 Å². The molecule has 0 heterocycles. The van der Waals surface area contributed by atoms with Gasteiger partial charge < -0.3 is 10.5 Å². The molecule has 2 nitrogen and oxygen atoms in total. The van der Waals surface area contributed by atoms with Crippen LogP contribution in [0.5, 0.6) is 0 Å². The Hall–Kier alpha value is -0.500. The van der Waals surface area contributed by atoms with E-state index in [4.69, 9.17) is 10.5 Å². The number of nitrogens with two attached hydrogens (primary N) is 1. The SMILES string of the molecule is CC(C)(C)OC(CCN)=C1CCC1. The van der Waals surface area contributed by atoms with Gasteiger partial charge in [-0.25, -0.2) is 0 Å². The molecule has 0 radical (unpaired) electrons. The summed E-state index contributed by atoms with van der Waals surface area (Å²) in [4.78, 5) is 0. The molecule has 0 saturated heterocycles. The van der Waals surface area contributed by atoms with Crippen LogP contribution in [-0.4, -0.2) is 12.1 Å². The molecule has 2 heteroatoms. The van der Waals surface area contributed by atoms with Gasteiger partial charge in [-0.3, -0.25) is 0 Å². The van der Waals surface area contributed by atoms with Crippen molar-refractivity contribution >= 4 is 0 Å². The van der Waals surface area contributed by atoms with Crippen LogP contribution in [-0.2, 0) is 4.74 Å². The Balaban J connectivity index is 2.58. The van der Waals surface area contributed by atoms with Crippen LogP contribution in [0.1, 0.15) is 46.5 Å². The van der Waals surface area contributed by atoms with Crippen LogP contribution in [0, 0.1) is 0 Å². The molecule has 13 heavy (non-hydrogen) atoms. The van der Waals surface area contributed by atoms with Gasteiger partial charge in [-0.15, -0.1) is 0 Å². The van der Waals surface area contributed by atoms with Crippen LogP contribution in [0.15, 0.2) is 11.3 Å². The molecule has 1 saturated carbocycles. The smallest absolute Gasteiger partial charge is 0.100 e. The van der Waals surface area contributed by atoms with Crippen molar-refractivity contribution in [3.8, 4) is 0 Å².